The van der Waals surface area contributed by atoms with E-state index < -0.39 is 29.2 Å². The number of rotatable bonds is 5. The number of carbonyl (C=O) groups excluding carboxylic acids is 3. The molecule has 0 saturated carbocycles. The molecule has 0 aliphatic heterocycles. The highest BCUT2D eigenvalue weighted by molar-refractivity contribution is 7.14. The minimum atomic E-state index is -4.66. The van der Waals surface area contributed by atoms with Crippen molar-refractivity contribution in [1.29, 1.82) is 0 Å². The standard InChI is InChI=1S/C20H15F3N2O3S/c21-20(22,23)14-7-3-4-8-15(14)25-19(28)18(27)24-11-13-9-10-16(29-13)17(26)12-5-1-2-6-12/h1,3-10H,2,11H2,(H,24,27)(H,25,28). The Balaban J connectivity index is 1.58. The molecule has 1 aliphatic carbocycles. The molecule has 0 saturated heterocycles. The quantitative estimate of drug-likeness (QED) is 0.565. The molecule has 0 fully saturated rings. The first-order valence-electron chi connectivity index (χ1n) is 8.51. The summed E-state index contributed by atoms with van der Waals surface area (Å²) in [6.45, 7) is -0.0278. The molecule has 3 rings (SSSR count). The Labute approximate surface area is 167 Å². The van der Waals surface area contributed by atoms with E-state index in [0.29, 0.717) is 21.7 Å². The molecular formula is C20H15F3N2O3S. The molecule has 2 N–H and O–H groups in total. The third kappa shape index (κ3) is 5.00. The molecule has 9 heteroatoms. The third-order valence-corrected chi connectivity index (χ3v) is 5.11. The van der Waals surface area contributed by atoms with E-state index in [0.717, 1.165) is 12.1 Å². The molecule has 5 nitrogen and oxygen atoms in total. The van der Waals surface area contributed by atoms with E-state index in [2.05, 4.69) is 5.32 Å². The topological polar surface area (TPSA) is 75.3 Å². The number of benzene rings is 1. The maximum absolute atomic E-state index is 13.0. The van der Waals surface area contributed by atoms with Gasteiger partial charge in [-0.05, 0) is 30.7 Å². The fourth-order valence-electron chi connectivity index (χ4n) is 2.63. The van der Waals surface area contributed by atoms with Gasteiger partial charge in [-0.2, -0.15) is 13.2 Å². The van der Waals surface area contributed by atoms with Crippen molar-refractivity contribution < 1.29 is 27.6 Å². The molecular weight excluding hydrogens is 405 g/mol. The van der Waals surface area contributed by atoms with Crippen LogP contribution >= 0.6 is 11.3 Å². The Hall–Kier alpha value is -3.20. The van der Waals surface area contributed by atoms with Gasteiger partial charge in [-0.1, -0.05) is 30.4 Å². The van der Waals surface area contributed by atoms with Gasteiger partial charge >= 0.3 is 18.0 Å². The van der Waals surface area contributed by atoms with Crippen LogP contribution in [0.25, 0.3) is 0 Å². The maximum Gasteiger partial charge on any atom is 0.418 e. The second kappa shape index (κ2) is 8.44. The fraction of sp³-hybridized carbons (Fsp3) is 0.150. The number of allylic oxidation sites excluding steroid dienone is 4. The molecule has 0 spiro atoms. The van der Waals surface area contributed by atoms with Crippen molar-refractivity contribution in [3.05, 3.63) is 75.5 Å². The van der Waals surface area contributed by atoms with Crippen molar-refractivity contribution in [2.24, 2.45) is 0 Å². The van der Waals surface area contributed by atoms with Gasteiger partial charge in [-0.25, -0.2) is 0 Å². The van der Waals surface area contributed by atoms with E-state index in [9.17, 15) is 27.6 Å². The van der Waals surface area contributed by atoms with Gasteiger partial charge in [0.1, 0.15) is 0 Å². The van der Waals surface area contributed by atoms with Gasteiger partial charge in [0.2, 0.25) is 5.78 Å². The molecule has 0 radical (unpaired) electrons. The molecule has 2 amide bonds. The van der Waals surface area contributed by atoms with Gasteiger partial charge in [0.05, 0.1) is 22.7 Å². The molecule has 0 bridgehead atoms. The minimum Gasteiger partial charge on any atom is -0.343 e. The van der Waals surface area contributed by atoms with Crippen molar-refractivity contribution in [2.75, 3.05) is 5.32 Å². The van der Waals surface area contributed by atoms with Crippen molar-refractivity contribution in [3.8, 4) is 0 Å². The number of hydrogen-bond acceptors (Lipinski definition) is 4. The lowest BCUT2D eigenvalue weighted by atomic mass is 10.1. The van der Waals surface area contributed by atoms with E-state index in [1.807, 2.05) is 17.5 Å². The van der Waals surface area contributed by atoms with E-state index in [-0.39, 0.29) is 12.3 Å². The van der Waals surface area contributed by atoms with Crippen LogP contribution in [-0.2, 0) is 22.3 Å². The summed E-state index contributed by atoms with van der Waals surface area (Å²) < 4.78 is 38.9. The van der Waals surface area contributed by atoms with Gasteiger partial charge in [0.25, 0.3) is 0 Å². The van der Waals surface area contributed by atoms with Crippen LogP contribution in [0.15, 0.2) is 60.2 Å². The number of Topliss-reactive ketones (excluding diaryl/α,β-unsaturated/α-hetero) is 1. The number of hydrogen-bond donors (Lipinski definition) is 2. The number of thiophene rings is 1. The normalized spacial score (nSPS) is 13.1. The summed E-state index contributed by atoms with van der Waals surface area (Å²) in [5.41, 5.74) is -0.940. The summed E-state index contributed by atoms with van der Waals surface area (Å²) in [7, 11) is 0. The molecule has 29 heavy (non-hydrogen) atoms. The lowest BCUT2D eigenvalue weighted by Gasteiger charge is -2.13. The second-order valence-electron chi connectivity index (χ2n) is 6.07. The molecule has 1 aliphatic rings. The van der Waals surface area contributed by atoms with Crippen LogP contribution in [0.1, 0.15) is 26.5 Å². The average molecular weight is 420 g/mol. The first kappa shape index (κ1) is 20.5. The van der Waals surface area contributed by atoms with Crippen LogP contribution in [0.2, 0.25) is 0 Å². The molecule has 2 aromatic rings. The largest absolute Gasteiger partial charge is 0.418 e. The van der Waals surface area contributed by atoms with Crippen molar-refractivity contribution in [3.63, 3.8) is 0 Å². The Bertz CT molecular complexity index is 1020. The van der Waals surface area contributed by atoms with Crippen LogP contribution in [0.4, 0.5) is 18.9 Å². The number of carbonyl (C=O) groups is 3. The lowest BCUT2D eigenvalue weighted by Crippen LogP contribution is -2.35. The Morgan fingerprint density at radius 1 is 1.03 bits per heavy atom. The molecule has 1 aromatic heterocycles. The lowest BCUT2D eigenvalue weighted by molar-refractivity contribution is -0.138. The van der Waals surface area contributed by atoms with E-state index in [1.54, 1.807) is 18.2 Å². The molecule has 1 heterocycles. The number of amides is 2. The Morgan fingerprint density at radius 3 is 2.48 bits per heavy atom. The van der Waals surface area contributed by atoms with Crippen LogP contribution in [-0.4, -0.2) is 17.6 Å². The molecule has 1 aromatic carbocycles. The number of nitrogens with one attached hydrogen (secondary N) is 2. The highest BCUT2D eigenvalue weighted by Crippen LogP contribution is 2.34. The van der Waals surface area contributed by atoms with Crippen LogP contribution in [0.3, 0.4) is 0 Å². The van der Waals surface area contributed by atoms with Gasteiger partial charge in [-0.15, -0.1) is 11.3 Å². The SMILES string of the molecule is O=C(NCc1ccc(C(=O)C2=CCC=C2)s1)C(=O)Nc1ccccc1C(F)(F)F. The van der Waals surface area contributed by atoms with Crippen molar-refractivity contribution in [1.82, 2.24) is 5.32 Å². The summed E-state index contributed by atoms with van der Waals surface area (Å²) in [5, 5.41) is 4.31. The molecule has 0 atom stereocenters. The first-order valence-corrected chi connectivity index (χ1v) is 9.33. The number of anilines is 1. The van der Waals surface area contributed by atoms with Crippen LogP contribution in [0, 0.1) is 0 Å². The zero-order valence-corrected chi connectivity index (χ0v) is 15.7. The summed E-state index contributed by atoms with van der Waals surface area (Å²) in [6.07, 6.45) is 1.48. The fourth-order valence-corrected chi connectivity index (χ4v) is 3.54. The molecule has 0 unspecified atom stereocenters. The van der Waals surface area contributed by atoms with E-state index >= 15 is 0 Å². The number of halogens is 3. The minimum absolute atomic E-state index is 0.0278. The van der Waals surface area contributed by atoms with Gasteiger partial charge < -0.3 is 10.6 Å². The monoisotopic (exact) mass is 420 g/mol. The number of alkyl halides is 3. The van der Waals surface area contributed by atoms with Crippen molar-refractivity contribution in [2.45, 2.75) is 19.1 Å². The Kier molecular flexibility index (Phi) is 5.97. The zero-order chi connectivity index (χ0) is 21.0. The summed E-state index contributed by atoms with van der Waals surface area (Å²) in [4.78, 5) is 37.3. The molecule has 150 valence electrons. The van der Waals surface area contributed by atoms with Gasteiger partial charge in [0.15, 0.2) is 0 Å². The number of ketones is 1. The summed E-state index contributed by atoms with van der Waals surface area (Å²) >= 11 is 1.17. The smallest absolute Gasteiger partial charge is 0.343 e. The number of para-hydroxylation sites is 1. The predicted molar refractivity (Wildman–Crippen MR) is 102 cm³/mol. The summed E-state index contributed by atoms with van der Waals surface area (Å²) in [5.74, 6) is -2.41. The summed E-state index contributed by atoms with van der Waals surface area (Å²) in [6, 6.07) is 7.66. The van der Waals surface area contributed by atoms with E-state index in [4.69, 9.17) is 0 Å². The predicted octanol–water partition coefficient (Wildman–Crippen LogP) is 4.09. The van der Waals surface area contributed by atoms with Crippen molar-refractivity contribution >= 4 is 34.6 Å². The highest BCUT2D eigenvalue weighted by Gasteiger charge is 2.34. The Morgan fingerprint density at radius 2 is 1.79 bits per heavy atom. The van der Waals surface area contributed by atoms with Gasteiger partial charge in [-0.3, -0.25) is 14.4 Å². The highest BCUT2D eigenvalue weighted by atomic mass is 32.1. The van der Waals surface area contributed by atoms with Gasteiger partial charge in [0, 0.05) is 10.5 Å². The zero-order valence-electron chi connectivity index (χ0n) is 14.9. The van der Waals surface area contributed by atoms with E-state index in [1.165, 1.54) is 23.5 Å². The van der Waals surface area contributed by atoms with Crippen LogP contribution in [0.5, 0.6) is 0 Å². The second-order valence-corrected chi connectivity index (χ2v) is 7.24. The van der Waals surface area contributed by atoms with Crippen LogP contribution < -0.4 is 10.6 Å². The average Bonchev–Trinajstić information content (AvgIpc) is 3.37. The third-order valence-electron chi connectivity index (χ3n) is 4.03. The maximum atomic E-state index is 13.0. The first-order chi connectivity index (χ1) is 13.8.